The molecule has 0 spiro atoms. The third-order valence-electron chi connectivity index (χ3n) is 5.43. The maximum atomic E-state index is 13.6. The summed E-state index contributed by atoms with van der Waals surface area (Å²) in [5, 5.41) is 13.0. The molecule has 1 saturated heterocycles. The number of amides is 1. The van der Waals surface area contributed by atoms with E-state index in [0.29, 0.717) is 23.8 Å². The van der Waals surface area contributed by atoms with Crippen LogP contribution in [0.4, 0.5) is 10.2 Å². The third kappa shape index (κ3) is 5.89. The molecular formula is C23H29FN4OS. The van der Waals surface area contributed by atoms with Crippen LogP contribution in [-0.4, -0.2) is 46.6 Å². The van der Waals surface area contributed by atoms with Crippen LogP contribution in [0, 0.1) is 11.3 Å². The summed E-state index contributed by atoms with van der Waals surface area (Å²) >= 11 is 1.33. The zero-order valence-corrected chi connectivity index (χ0v) is 18.4. The first-order valence-corrected chi connectivity index (χ1v) is 11.2. The molecule has 160 valence electrons. The van der Waals surface area contributed by atoms with E-state index >= 15 is 0 Å². The molecule has 5 nitrogen and oxygen atoms in total. The molecule has 0 saturated carbocycles. The molecule has 2 heterocycles. The Balaban J connectivity index is 1.63. The van der Waals surface area contributed by atoms with E-state index in [1.807, 2.05) is 31.2 Å². The first kappa shape index (κ1) is 22.4. The van der Waals surface area contributed by atoms with Gasteiger partial charge in [-0.2, -0.15) is 0 Å². The molecule has 1 aromatic carbocycles. The van der Waals surface area contributed by atoms with Gasteiger partial charge in [0, 0.05) is 29.0 Å². The van der Waals surface area contributed by atoms with E-state index in [2.05, 4.69) is 21.8 Å². The van der Waals surface area contributed by atoms with Gasteiger partial charge in [0.15, 0.2) is 0 Å². The molecule has 1 aliphatic rings. The van der Waals surface area contributed by atoms with Crippen LogP contribution >= 0.6 is 11.8 Å². The molecule has 30 heavy (non-hydrogen) atoms. The summed E-state index contributed by atoms with van der Waals surface area (Å²) in [5.74, 6) is 0.434. The van der Waals surface area contributed by atoms with Crippen molar-refractivity contribution in [1.29, 1.82) is 5.41 Å². The second kappa shape index (κ2) is 10.2. The summed E-state index contributed by atoms with van der Waals surface area (Å²) in [6.07, 6.45) is 2.96. The van der Waals surface area contributed by atoms with Gasteiger partial charge in [-0.25, -0.2) is 9.37 Å². The summed E-state index contributed by atoms with van der Waals surface area (Å²) in [4.78, 5) is 20.0. The smallest absolute Gasteiger partial charge is 0.228 e. The number of alkyl halides is 1. The molecular weight excluding hydrogens is 399 g/mol. The van der Waals surface area contributed by atoms with Crippen LogP contribution in [0.15, 0.2) is 37.0 Å². The third-order valence-corrected chi connectivity index (χ3v) is 6.22. The zero-order valence-electron chi connectivity index (χ0n) is 17.6. The lowest BCUT2D eigenvalue weighted by Gasteiger charge is -2.31. The molecule has 0 bridgehead atoms. The highest BCUT2D eigenvalue weighted by atomic mass is 32.2. The summed E-state index contributed by atoms with van der Waals surface area (Å²) in [6, 6.07) is 7.81. The van der Waals surface area contributed by atoms with Gasteiger partial charge < -0.3 is 10.2 Å². The van der Waals surface area contributed by atoms with Crippen LogP contribution in [0.1, 0.15) is 38.7 Å². The van der Waals surface area contributed by atoms with Crippen LogP contribution in [-0.2, 0) is 4.79 Å². The number of anilines is 1. The summed E-state index contributed by atoms with van der Waals surface area (Å²) in [7, 11) is 0. The highest BCUT2D eigenvalue weighted by Crippen LogP contribution is 2.29. The maximum Gasteiger partial charge on any atom is 0.228 e. The van der Waals surface area contributed by atoms with Gasteiger partial charge in [0.25, 0.3) is 0 Å². The van der Waals surface area contributed by atoms with E-state index in [9.17, 15) is 9.18 Å². The monoisotopic (exact) mass is 428 g/mol. The molecule has 3 rings (SSSR count). The van der Waals surface area contributed by atoms with Gasteiger partial charge in [-0.1, -0.05) is 37.4 Å². The number of rotatable bonds is 7. The Hall–Kier alpha value is -2.25. The number of halogens is 1. The Kier molecular flexibility index (Phi) is 7.61. The second-order valence-corrected chi connectivity index (χ2v) is 9.09. The van der Waals surface area contributed by atoms with E-state index in [4.69, 9.17) is 5.41 Å². The summed E-state index contributed by atoms with van der Waals surface area (Å²) in [6.45, 7) is 9.59. The van der Waals surface area contributed by atoms with Gasteiger partial charge in [-0.3, -0.25) is 10.2 Å². The number of likely N-dealkylation sites (tertiary alicyclic amines) is 1. The Morgan fingerprint density at radius 2 is 2.10 bits per heavy atom. The first-order valence-electron chi connectivity index (χ1n) is 10.3. The number of hydrogen-bond donors (Lipinski definition) is 2. The lowest BCUT2D eigenvalue weighted by Crippen LogP contribution is -2.40. The SMILES string of the molecule is C=C(SC(C)=N)c1ccc2cnc(NC(=O)C3CCN(CC(F)CC)CC3)cc2c1. The fourth-order valence-corrected chi connectivity index (χ4v) is 4.26. The van der Waals surface area contributed by atoms with Crippen LogP contribution < -0.4 is 5.32 Å². The van der Waals surface area contributed by atoms with Gasteiger partial charge in [0.05, 0.1) is 5.04 Å². The number of hydrogen-bond acceptors (Lipinski definition) is 5. The molecule has 7 heteroatoms. The van der Waals surface area contributed by atoms with Crippen molar-refractivity contribution in [1.82, 2.24) is 9.88 Å². The molecule has 0 radical (unpaired) electrons. The minimum absolute atomic E-state index is 0.0238. The van der Waals surface area contributed by atoms with Gasteiger partial charge >= 0.3 is 0 Å². The molecule has 1 aliphatic heterocycles. The minimum atomic E-state index is -0.792. The number of pyridine rings is 1. The van der Waals surface area contributed by atoms with Crippen molar-refractivity contribution in [2.24, 2.45) is 5.92 Å². The minimum Gasteiger partial charge on any atom is -0.310 e. The quantitative estimate of drug-likeness (QED) is 0.462. The predicted molar refractivity (Wildman–Crippen MR) is 125 cm³/mol. The zero-order chi connectivity index (χ0) is 21.7. The van der Waals surface area contributed by atoms with Gasteiger partial charge in [-0.05, 0) is 62.4 Å². The fraction of sp³-hybridized carbons (Fsp3) is 0.435. The van der Waals surface area contributed by atoms with Crippen LogP contribution in [0.5, 0.6) is 0 Å². The number of nitrogens with one attached hydrogen (secondary N) is 2. The van der Waals surface area contributed by atoms with Crippen molar-refractivity contribution in [3.8, 4) is 0 Å². The van der Waals surface area contributed by atoms with E-state index in [-0.39, 0.29) is 11.8 Å². The van der Waals surface area contributed by atoms with Crippen molar-refractivity contribution >= 4 is 44.2 Å². The molecule has 1 aromatic heterocycles. The van der Waals surface area contributed by atoms with Crippen molar-refractivity contribution in [3.63, 3.8) is 0 Å². The summed E-state index contributed by atoms with van der Waals surface area (Å²) in [5.41, 5.74) is 0.952. The predicted octanol–water partition coefficient (Wildman–Crippen LogP) is 5.33. The Bertz CT molecular complexity index is 940. The van der Waals surface area contributed by atoms with E-state index in [0.717, 1.165) is 47.2 Å². The van der Waals surface area contributed by atoms with E-state index in [1.165, 1.54) is 11.8 Å². The Labute approximate surface area is 181 Å². The maximum absolute atomic E-state index is 13.6. The summed E-state index contributed by atoms with van der Waals surface area (Å²) < 4.78 is 13.6. The van der Waals surface area contributed by atoms with Crippen molar-refractivity contribution in [2.75, 3.05) is 25.0 Å². The average molecular weight is 429 g/mol. The number of carbonyl (C=O) groups is 1. The molecule has 1 unspecified atom stereocenters. The van der Waals surface area contributed by atoms with Gasteiger partial charge in [0.2, 0.25) is 5.91 Å². The van der Waals surface area contributed by atoms with Crippen LogP contribution in [0.25, 0.3) is 15.7 Å². The van der Waals surface area contributed by atoms with Crippen LogP contribution in [0.3, 0.4) is 0 Å². The molecule has 2 N–H and O–H groups in total. The molecule has 0 aliphatic carbocycles. The lowest BCUT2D eigenvalue weighted by molar-refractivity contribution is -0.121. The standard InChI is InChI=1S/C23H29FN4OS/c1-4-21(24)14-28-9-7-17(8-10-28)23(29)27-22-12-20-11-18(15(2)30-16(3)25)5-6-19(20)13-26-22/h5-6,11-13,17,21,25H,2,4,7-10,14H2,1,3H3,(H,26,27,29). The number of nitrogens with zero attached hydrogens (tertiary/aromatic N) is 2. The highest BCUT2D eigenvalue weighted by Gasteiger charge is 2.26. The van der Waals surface area contributed by atoms with E-state index in [1.54, 1.807) is 13.1 Å². The van der Waals surface area contributed by atoms with Gasteiger partial charge in [-0.15, -0.1) is 0 Å². The van der Waals surface area contributed by atoms with Gasteiger partial charge in [0.1, 0.15) is 12.0 Å². The Morgan fingerprint density at radius 1 is 1.37 bits per heavy atom. The first-order chi connectivity index (χ1) is 14.4. The molecule has 1 amide bonds. The average Bonchev–Trinajstić information content (AvgIpc) is 2.73. The number of carbonyl (C=O) groups excluding carboxylic acids is 1. The van der Waals surface area contributed by atoms with E-state index < -0.39 is 6.17 Å². The van der Waals surface area contributed by atoms with Crippen molar-refractivity contribution in [2.45, 2.75) is 39.3 Å². The number of aromatic nitrogens is 1. The number of benzene rings is 1. The largest absolute Gasteiger partial charge is 0.310 e. The molecule has 2 aromatic rings. The van der Waals surface area contributed by atoms with Crippen molar-refractivity contribution < 1.29 is 9.18 Å². The topological polar surface area (TPSA) is 69.1 Å². The molecule has 1 atom stereocenters. The van der Waals surface area contributed by atoms with Crippen LogP contribution in [0.2, 0.25) is 0 Å². The molecule has 1 fully saturated rings. The lowest BCUT2D eigenvalue weighted by atomic mass is 9.95. The number of fused-ring (bicyclic) bond motifs is 1. The fourth-order valence-electron chi connectivity index (χ4n) is 3.64. The van der Waals surface area contributed by atoms with Crippen molar-refractivity contribution in [3.05, 3.63) is 42.6 Å². The number of thioether (sulfide) groups is 1. The second-order valence-electron chi connectivity index (χ2n) is 7.78. The Morgan fingerprint density at radius 3 is 2.77 bits per heavy atom. The number of piperidine rings is 1. The highest BCUT2D eigenvalue weighted by molar-refractivity contribution is 8.21. The normalized spacial score (nSPS) is 16.4.